The molecule has 3 rings (SSSR count). The predicted octanol–water partition coefficient (Wildman–Crippen LogP) is 3.01. The van der Waals surface area contributed by atoms with Crippen molar-refractivity contribution in [3.8, 4) is 5.75 Å². The molecule has 178 valence electrons. The molecule has 0 saturated carbocycles. The molecule has 0 spiro atoms. The van der Waals surface area contributed by atoms with Gasteiger partial charge in [0.05, 0.1) is 11.5 Å². The van der Waals surface area contributed by atoms with E-state index in [0.29, 0.717) is 12.4 Å². The molecular formula is C22H28N4O7. The first kappa shape index (κ1) is 25.5. The molecule has 0 bridgehead atoms. The van der Waals surface area contributed by atoms with Gasteiger partial charge in [0.25, 0.3) is 5.69 Å². The van der Waals surface area contributed by atoms with Crippen LogP contribution in [0.2, 0.25) is 0 Å². The number of anilines is 1. The van der Waals surface area contributed by atoms with Crippen molar-refractivity contribution in [2.45, 2.75) is 32.2 Å². The summed E-state index contributed by atoms with van der Waals surface area (Å²) < 4.78 is 5.83. The zero-order valence-electron chi connectivity index (χ0n) is 18.2. The number of aromatic nitrogens is 1. The summed E-state index contributed by atoms with van der Waals surface area (Å²) in [5.41, 5.74) is 1.08. The van der Waals surface area contributed by atoms with Crippen LogP contribution in [0.4, 0.5) is 11.5 Å². The lowest BCUT2D eigenvalue weighted by Crippen LogP contribution is -2.31. The zero-order chi connectivity index (χ0) is 24.1. The number of nitrogens with one attached hydrogen (secondary N) is 1. The second-order valence-corrected chi connectivity index (χ2v) is 7.37. The second-order valence-electron chi connectivity index (χ2n) is 7.37. The largest absolute Gasteiger partial charge is 0.494 e. The van der Waals surface area contributed by atoms with Gasteiger partial charge in [-0.1, -0.05) is 18.6 Å². The third-order valence-electron chi connectivity index (χ3n) is 4.87. The predicted molar refractivity (Wildman–Crippen MR) is 120 cm³/mol. The Balaban J connectivity index is 0.000000569. The average Bonchev–Trinajstić information content (AvgIpc) is 2.82. The first-order valence-corrected chi connectivity index (χ1v) is 10.6. The summed E-state index contributed by atoms with van der Waals surface area (Å²) in [6, 6.07) is 11.0. The molecule has 3 N–H and O–H groups in total. The number of rotatable bonds is 9. The molecule has 0 aliphatic carbocycles. The second kappa shape index (κ2) is 13.6. The standard InChI is InChI=1S/C20H26N4O3.C2H2O4/c25-24(26)18-7-10-20(22-16-18)21-15-17-5-8-19(9-6-17)27-14-4-13-23-11-2-1-3-12-23;3-1(4)2(5)6/h5-10,16H,1-4,11-15H2,(H,21,22);(H,3,4)(H,5,6). The number of nitrogens with zero attached hydrogens (tertiary/aromatic N) is 3. The molecule has 33 heavy (non-hydrogen) atoms. The molecule has 0 unspecified atom stereocenters. The number of carbonyl (C=O) groups is 2. The van der Waals surface area contributed by atoms with E-state index < -0.39 is 16.9 Å². The van der Waals surface area contributed by atoms with Gasteiger partial charge < -0.3 is 25.2 Å². The summed E-state index contributed by atoms with van der Waals surface area (Å²) in [5.74, 6) is -2.16. The quantitative estimate of drug-likeness (QED) is 0.220. The molecule has 1 fully saturated rings. The summed E-state index contributed by atoms with van der Waals surface area (Å²) >= 11 is 0. The molecular weight excluding hydrogens is 432 g/mol. The van der Waals surface area contributed by atoms with E-state index in [-0.39, 0.29) is 5.69 Å². The fraction of sp³-hybridized carbons (Fsp3) is 0.409. The monoisotopic (exact) mass is 460 g/mol. The number of likely N-dealkylation sites (tertiary alicyclic amines) is 1. The van der Waals surface area contributed by atoms with E-state index in [1.165, 1.54) is 44.6 Å². The maximum Gasteiger partial charge on any atom is 0.414 e. The number of hydrogen-bond donors (Lipinski definition) is 3. The Labute approximate surface area is 191 Å². The highest BCUT2D eigenvalue weighted by molar-refractivity contribution is 6.27. The number of benzene rings is 1. The van der Waals surface area contributed by atoms with Crippen LogP contribution >= 0.6 is 0 Å². The average molecular weight is 460 g/mol. The topological polar surface area (TPSA) is 155 Å². The van der Waals surface area contributed by atoms with Crippen LogP contribution in [0.3, 0.4) is 0 Å². The molecule has 11 heteroatoms. The van der Waals surface area contributed by atoms with E-state index in [4.69, 9.17) is 24.5 Å². The first-order valence-electron chi connectivity index (χ1n) is 10.6. The van der Waals surface area contributed by atoms with E-state index in [2.05, 4.69) is 15.2 Å². The summed E-state index contributed by atoms with van der Waals surface area (Å²) in [6.45, 7) is 4.90. The van der Waals surface area contributed by atoms with Crippen molar-refractivity contribution in [1.29, 1.82) is 0 Å². The number of aliphatic carboxylic acids is 2. The lowest BCUT2D eigenvalue weighted by molar-refractivity contribution is -0.385. The first-order chi connectivity index (χ1) is 15.8. The normalized spacial score (nSPS) is 13.3. The molecule has 1 aromatic carbocycles. The zero-order valence-corrected chi connectivity index (χ0v) is 18.2. The Kier molecular flexibility index (Phi) is 10.5. The highest BCUT2D eigenvalue weighted by Crippen LogP contribution is 2.16. The highest BCUT2D eigenvalue weighted by atomic mass is 16.6. The lowest BCUT2D eigenvalue weighted by atomic mass is 10.1. The molecule has 0 radical (unpaired) electrons. The fourth-order valence-corrected chi connectivity index (χ4v) is 3.16. The molecule has 1 aromatic heterocycles. The van der Waals surface area contributed by atoms with Gasteiger partial charge in [-0.3, -0.25) is 10.1 Å². The van der Waals surface area contributed by atoms with Gasteiger partial charge in [0.15, 0.2) is 0 Å². The molecule has 1 aliphatic heterocycles. The van der Waals surface area contributed by atoms with Crippen molar-refractivity contribution in [1.82, 2.24) is 9.88 Å². The number of hydrogen-bond acceptors (Lipinski definition) is 8. The van der Waals surface area contributed by atoms with Gasteiger partial charge in [-0.15, -0.1) is 0 Å². The van der Waals surface area contributed by atoms with Crippen LogP contribution in [-0.2, 0) is 16.1 Å². The summed E-state index contributed by atoms with van der Waals surface area (Å²) in [5, 5.41) is 28.6. The Hall–Kier alpha value is -3.73. The molecule has 2 heterocycles. The molecule has 11 nitrogen and oxygen atoms in total. The molecule has 1 saturated heterocycles. The van der Waals surface area contributed by atoms with E-state index in [1.54, 1.807) is 6.07 Å². The number of piperidine rings is 1. The van der Waals surface area contributed by atoms with Crippen LogP contribution in [0.5, 0.6) is 5.75 Å². The number of ether oxygens (including phenoxy) is 1. The summed E-state index contributed by atoms with van der Waals surface area (Å²) in [7, 11) is 0. The van der Waals surface area contributed by atoms with Gasteiger partial charge in [-0.25, -0.2) is 14.6 Å². The van der Waals surface area contributed by atoms with Crippen LogP contribution < -0.4 is 10.1 Å². The Morgan fingerprint density at radius 2 is 1.73 bits per heavy atom. The maximum atomic E-state index is 10.6. The highest BCUT2D eigenvalue weighted by Gasteiger charge is 2.09. The van der Waals surface area contributed by atoms with Gasteiger partial charge in [-0.05, 0) is 56.1 Å². The van der Waals surface area contributed by atoms with Crippen molar-refractivity contribution in [3.63, 3.8) is 0 Å². The lowest BCUT2D eigenvalue weighted by Gasteiger charge is -2.26. The number of carboxylic acid groups (broad SMARTS) is 2. The van der Waals surface area contributed by atoms with Crippen LogP contribution in [0.15, 0.2) is 42.6 Å². The third-order valence-corrected chi connectivity index (χ3v) is 4.87. The van der Waals surface area contributed by atoms with E-state index in [1.807, 2.05) is 24.3 Å². The van der Waals surface area contributed by atoms with E-state index in [0.717, 1.165) is 30.9 Å². The minimum atomic E-state index is -1.82. The SMILES string of the molecule is O=C(O)C(=O)O.O=[N+]([O-])c1ccc(NCc2ccc(OCCCN3CCCCC3)cc2)nc1. The van der Waals surface area contributed by atoms with Gasteiger partial charge in [0.2, 0.25) is 0 Å². The number of carboxylic acids is 2. The molecule has 2 aromatic rings. The van der Waals surface area contributed by atoms with Crippen molar-refractivity contribution >= 4 is 23.4 Å². The van der Waals surface area contributed by atoms with Crippen LogP contribution in [0.1, 0.15) is 31.2 Å². The minimum absolute atomic E-state index is 0.0117. The molecule has 1 aliphatic rings. The minimum Gasteiger partial charge on any atom is -0.494 e. The van der Waals surface area contributed by atoms with E-state index >= 15 is 0 Å². The summed E-state index contributed by atoms with van der Waals surface area (Å²) in [6.07, 6.45) is 6.32. The van der Waals surface area contributed by atoms with Crippen LogP contribution in [0, 0.1) is 10.1 Å². The Morgan fingerprint density at radius 3 is 2.27 bits per heavy atom. The van der Waals surface area contributed by atoms with Crippen LogP contribution in [-0.4, -0.2) is 63.2 Å². The van der Waals surface area contributed by atoms with Crippen LogP contribution in [0.25, 0.3) is 0 Å². The maximum absolute atomic E-state index is 10.6. The van der Waals surface area contributed by atoms with Gasteiger partial charge in [0, 0.05) is 19.2 Å². The number of pyridine rings is 1. The third kappa shape index (κ3) is 9.95. The van der Waals surface area contributed by atoms with Crippen molar-refractivity contribution in [2.75, 3.05) is 31.6 Å². The van der Waals surface area contributed by atoms with Crippen molar-refractivity contribution < 1.29 is 29.5 Å². The molecule has 0 atom stereocenters. The smallest absolute Gasteiger partial charge is 0.414 e. The van der Waals surface area contributed by atoms with Gasteiger partial charge >= 0.3 is 11.9 Å². The van der Waals surface area contributed by atoms with E-state index in [9.17, 15) is 10.1 Å². The van der Waals surface area contributed by atoms with Crippen molar-refractivity contribution in [3.05, 3.63) is 58.3 Å². The van der Waals surface area contributed by atoms with Gasteiger partial charge in [0.1, 0.15) is 17.8 Å². The summed E-state index contributed by atoms with van der Waals surface area (Å²) in [4.78, 5) is 34.9. The fourth-order valence-electron chi connectivity index (χ4n) is 3.16. The van der Waals surface area contributed by atoms with Crippen molar-refractivity contribution in [2.24, 2.45) is 0 Å². The number of nitro groups is 1. The van der Waals surface area contributed by atoms with Gasteiger partial charge in [-0.2, -0.15) is 0 Å². The molecule has 0 amide bonds. The Morgan fingerprint density at radius 1 is 1.06 bits per heavy atom. The Bertz CT molecular complexity index is 886.